The van der Waals surface area contributed by atoms with Gasteiger partial charge in [0.2, 0.25) is 0 Å². The van der Waals surface area contributed by atoms with Crippen molar-refractivity contribution in [2.24, 2.45) is 0 Å². The molecule has 0 amide bonds. The maximum atomic E-state index is 10.8. The predicted octanol–water partition coefficient (Wildman–Crippen LogP) is 8.12. The van der Waals surface area contributed by atoms with Gasteiger partial charge in [0.25, 0.3) is 0 Å². The van der Waals surface area contributed by atoms with Gasteiger partial charge >= 0.3 is 0 Å². The van der Waals surface area contributed by atoms with Crippen LogP contribution in [0.4, 0.5) is 5.69 Å². The fourth-order valence-corrected chi connectivity index (χ4v) is 12.3. The number of nitrogens with zero attached hydrogens (tertiary/aromatic N) is 4. The minimum absolute atomic E-state index is 0.481. The van der Waals surface area contributed by atoms with Crippen LogP contribution >= 0.6 is 0 Å². The number of hydrogen-bond donors (Lipinski definition) is 0. The summed E-state index contributed by atoms with van der Waals surface area (Å²) in [5.74, 6) is 0. The molecular weight excluding hydrogens is 625 g/mol. The third kappa shape index (κ3) is 4.72. The molecule has 232 valence electrons. The second-order valence-corrected chi connectivity index (χ2v) is 16.0. The summed E-state index contributed by atoms with van der Waals surface area (Å²) in [6.07, 6.45) is 0. The predicted molar refractivity (Wildman–Crippen MR) is 206 cm³/mol. The Hall–Kier alpha value is -6.97. The van der Waals surface area contributed by atoms with E-state index >= 15 is 0 Å². The lowest BCUT2D eigenvalue weighted by Crippen LogP contribution is -2.74. The van der Waals surface area contributed by atoms with Crippen LogP contribution in [0.2, 0.25) is 0 Å². The average Bonchev–Trinajstić information content (AvgIpc) is 3.52. The average molecular weight is 653 g/mol. The summed E-state index contributed by atoms with van der Waals surface area (Å²) in [5.41, 5.74) is 5.55. The molecule has 0 aliphatic carbocycles. The Balaban J connectivity index is 1.38. The van der Waals surface area contributed by atoms with E-state index in [2.05, 4.69) is 106 Å². The summed E-state index contributed by atoms with van der Waals surface area (Å²) in [6, 6.07) is 62.5. The van der Waals surface area contributed by atoms with Gasteiger partial charge < -0.3 is 4.57 Å². The van der Waals surface area contributed by atoms with Gasteiger partial charge in [-0.25, -0.2) is 4.85 Å². The standard InChI is InChI=1S/C45H28N4Si/c1-48-42-29-36(50(33-14-5-2-6-15-33,34-16-7-3-8-17-34)35-18-9-4-10-19-35)25-26-38(42)37-21-13-23-44(41(37)31-47)49-43-22-12-11-20-39(43)40-28-32(30-46)24-27-45(40)49/h2-29H. The minimum atomic E-state index is -2.85. The molecule has 7 aromatic carbocycles. The number of para-hydroxylation sites is 1. The summed E-state index contributed by atoms with van der Waals surface area (Å²) in [6.45, 7) is 8.45. The molecule has 50 heavy (non-hydrogen) atoms. The zero-order valence-corrected chi connectivity index (χ0v) is 28.0. The first kappa shape index (κ1) is 30.4. The van der Waals surface area contributed by atoms with Gasteiger partial charge in [-0.2, -0.15) is 10.5 Å². The van der Waals surface area contributed by atoms with Gasteiger partial charge in [-0.3, -0.25) is 0 Å². The van der Waals surface area contributed by atoms with E-state index in [9.17, 15) is 10.5 Å². The molecule has 1 heterocycles. The van der Waals surface area contributed by atoms with Crippen LogP contribution in [0.15, 0.2) is 170 Å². The molecule has 0 atom stereocenters. The Morgan fingerprint density at radius 3 is 1.70 bits per heavy atom. The maximum absolute atomic E-state index is 10.8. The molecule has 8 aromatic rings. The summed E-state index contributed by atoms with van der Waals surface area (Å²) in [4.78, 5) is 4.11. The smallest absolute Gasteiger partial charge is 0.194 e. The second-order valence-electron chi connectivity index (χ2n) is 12.2. The van der Waals surface area contributed by atoms with E-state index in [-0.39, 0.29) is 0 Å². The monoisotopic (exact) mass is 652 g/mol. The first-order valence-corrected chi connectivity index (χ1v) is 18.3. The maximum Gasteiger partial charge on any atom is 0.194 e. The van der Waals surface area contributed by atoms with Crippen LogP contribution in [0, 0.1) is 29.2 Å². The second kappa shape index (κ2) is 12.6. The molecule has 0 aliphatic rings. The Kier molecular flexibility index (Phi) is 7.63. The highest BCUT2D eigenvalue weighted by atomic mass is 28.3. The van der Waals surface area contributed by atoms with Crippen molar-refractivity contribution in [3.8, 4) is 29.0 Å². The Morgan fingerprint density at radius 2 is 1.10 bits per heavy atom. The first-order chi connectivity index (χ1) is 24.7. The topological polar surface area (TPSA) is 56.9 Å². The largest absolute Gasteiger partial charge is 0.308 e. The molecule has 4 nitrogen and oxygen atoms in total. The van der Waals surface area contributed by atoms with Crippen molar-refractivity contribution in [1.82, 2.24) is 4.57 Å². The van der Waals surface area contributed by atoms with Crippen LogP contribution in [0.3, 0.4) is 0 Å². The van der Waals surface area contributed by atoms with Crippen LogP contribution in [-0.4, -0.2) is 12.6 Å². The molecule has 0 unspecified atom stereocenters. The summed E-state index contributed by atoms with van der Waals surface area (Å²) in [7, 11) is -2.85. The van der Waals surface area contributed by atoms with Gasteiger partial charge in [0, 0.05) is 10.8 Å². The van der Waals surface area contributed by atoms with Crippen LogP contribution in [-0.2, 0) is 0 Å². The number of hydrogen-bond acceptors (Lipinski definition) is 2. The van der Waals surface area contributed by atoms with Crippen molar-refractivity contribution in [3.05, 3.63) is 192 Å². The van der Waals surface area contributed by atoms with Gasteiger partial charge in [0.15, 0.2) is 13.8 Å². The molecule has 0 aliphatic heterocycles. The minimum Gasteiger partial charge on any atom is -0.308 e. The fraction of sp³-hybridized carbons (Fsp3) is 0. The van der Waals surface area contributed by atoms with E-state index in [0.717, 1.165) is 32.7 Å². The highest BCUT2D eigenvalue weighted by Crippen LogP contribution is 2.38. The highest BCUT2D eigenvalue weighted by molar-refractivity contribution is 7.19. The molecular formula is C45H28N4Si. The van der Waals surface area contributed by atoms with Gasteiger partial charge in [-0.15, -0.1) is 0 Å². The SMILES string of the molecule is [C-]#[N+]c1cc([Si](c2ccccc2)(c2ccccc2)c2ccccc2)ccc1-c1cccc(-n2c3ccccc3c3cc(C#N)ccc32)c1C#N. The highest BCUT2D eigenvalue weighted by Gasteiger charge is 2.41. The lowest BCUT2D eigenvalue weighted by atomic mass is 9.97. The number of benzene rings is 7. The van der Waals surface area contributed by atoms with Gasteiger partial charge in [0.1, 0.15) is 6.07 Å². The van der Waals surface area contributed by atoms with E-state index in [1.807, 2.05) is 84.9 Å². The van der Waals surface area contributed by atoms with Crippen LogP contribution in [0.5, 0.6) is 0 Å². The van der Waals surface area contributed by atoms with Crippen molar-refractivity contribution >= 4 is 56.3 Å². The lowest BCUT2D eigenvalue weighted by Gasteiger charge is -2.35. The molecule has 0 radical (unpaired) electrons. The molecule has 0 spiro atoms. The molecule has 0 saturated heterocycles. The van der Waals surface area contributed by atoms with E-state index < -0.39 is 8.07 Å². The molecule has 0 fully saturated rings. The molecule has 0 saturated carbocycles. The first-order valence-electron chi connectivity index (χ1n) is 16.3. The van der Waals surface area contributed by atoms with Gasteiger partial charge in [-0.05, 0) is 57.0 Å². The normalized spacial score (nSPS) is 11.1. The number of fused-ring (bicyclic) bond motifs is 3. The Labute approximate surface area is 291 Å². The fourth-order valence-electron chi connectivity index (χ4n) is 7.52. The molecule has 8 rings (SSSR count). The summed E-state index contributed by atoms with van der Waals surface area (Å²) in [5, 5.41) is 27.2. The third-order valence-electron chi connectivity index (χ3n) is 9.66. The van der Waals surface area contributed by atoms with E-state index in [1.165, 1.54) is 15.6 Å². The van der Waals surface area contributed by atoms with Crippen LogP contribution in [0.25, 0.3) is 43.5 Å². The van der Waals surface area contributed by atoms with Crippen molar-refractivity contribution < 1.29 is 0 Å². The number of nitriles is 2. The van der Waals surface area contributed by atoms with Crippen molar-refractivity contribution in [3.63, 3.8) is 0 Å². The van der Waals surface area contributed by atoms with Crippen LogP contribution < -0.4 is 20.7 Å². The zero-order valence-electron chi connectivity index (χ0n) is 27.0. The molecule has 0 N–H and O–H groups in total. The number of aromatic nitrogens is 1. The molecule has 1 aromatic heterocycles. The zero-order chi connectivity index (χ0) is 34.1. The molecule has 5 heteroatoms. The molecule has 0 bridgehead atoms. The van der Waals surface area contributed by atoms with Gasteiger partial charge in [0.05, 0.1) is 40.5 Å². The summed E-state index contributed by atoms with van der Waals surface area (Å²) < 4.78 is 2.10. The van der Waals surface area contributed by atoms with Crippen molar-refractivity contribution in [1.29, 1.82) is 10.5 Å². The van der Waals surface area contributed by atoms with Crippen LogP contribution in [0.1, 0.15) is 11.1 Å². The summed E-state index contributed by atoms with van der Waals surface area (Å²) >= 11 is 0. The van der Waals surface area contributed by atoms with E-state index in [4.69, 9.17) is 6.57 Å². The number of rotatable bonds is 6. The Morgan fingerprint density at radius 1 is 0.500 bits per heavy atom. The third-order valence-corrected chi connectivity index (χ3v) is 14.4. The quantitative estimate of drug-likeness (QED) is 0.104. The van der Waals surface area contributed by atoms with Gasteiger partial charge in [-0.1, -0.05) is 145 Å². The van der Waals surface area contributed by atoms with Crippen molar-refractivity contribution in [2.45, 2.75) is 0 Å². The van der Waals surface area contributed by atoms with E-state index in [0.29, 0.717) is 27.9 Å². The lowest BCUT2D eigenvalue weighted by molar-refractivity contribution is 1.17. The Bertz CT molecular complexity index is 2580. The van der Waals surface area contributed by atoms with E-state index in [1.54, 1.807) is 0 Å². The van der Waals surface area contributed by atoms with Crippen molar-refractivity contribution in [2.75, 3.05) is 0 Å².